The standard InChI is InChI=1S/C20H27N5O2S/c1-13-17(28-24-23-13)18(26)22-16-6-4-5-14(9-16)10-25(12-20(2,3)11-21)19(27)15-7-8-15/h4-6,9,15H,7-8,10-12,21H2,1-3H3,(H,22,26). The number of aryl methyl sites for hydroxylation is 1. The first-order chi connectivity index (χ1) is 13.3. The highest BCUT2D eigenvalue weighted by Gasteiger charge is 2.35. The first kappa shape index (κ1) is 20.4. The number of rotatable bonds is 8. The molecule has 1 aliphatic carbocycles. The molecule has 0 atom stereocenters. The average Bonchev–Trinajstić information content (AvgIpc) is 3.41. The van der Waals surface area contributed by atoms with Crippen LogP contribution >= 0.6 is 11.5 Å². The van der Waals surface area contributed by atoms with Gasteiger partial charge in [0.15, 0.2) is 0 Å². The Bertz CT molecular complexity index is 860. The zero-order valence-corrected chi connectivity index (χ0v) is 17.4. The number of anilines is 1. The maximum Gasteiger partial charge on any atom is 0.269 e. The third-order valence-corrected chi connectivity index (χ3v) is 5.65. The Morgan fingerprint density at radius 2 is 2.11 bits per heavy atom. The molecule has 0 bridgehead atoms. The number of benzene rings is 1. The van der Waals surface area contributed by atoms with Gasteiger partial charge in [0.05, 0.1) is 5.69 Å². The van der Waals surface area contributed by atoms with E-state index < -0.39 is 0 Å². The molecule has 0 radical (unpaired) electrons. The molecule has 2 aromatic rings. The zero-order valence-electron chi connectivity index (χ0n) is 16.6. The van der Waals surface area contributed by atoms with Gasteiger partial charge in [-0.1, -0.05) is 30.5 Å². The molecule has 1 aromatic carbocycles. The van der Waals surface area contributed by atoms with Crippen LogP contribution in [0.25, 0.3) is 0 Å². The fraction of sp³-hybridized carbons (Fsp3) is 0.500. The molecule has 7 nitrogen and oxygen atoms in total. The van der Waals surface area contributed by atoms with Crippen LogP contribution in [0, 0.1) is 18.3 Å². The number of aromatic nitrogens is 2. The molecule has 1 saturated carbocycles. The molecule has 3 N–H and O–H groups in total. The van der Waals surface area contributed by atoms with Crippen molar-refractivity contribution in [2.24, 2.45) is 17.1 Å². The minimum absolute atomic E-state index is 0.146. The minimum Gasteiger partial charge on any atom is -0.338 e. The molecule has 1 heterocycles. The van der Waals surface area contributed by atoms with E-state index in [0.29, 0.717) is 35.9 Å². The Labute approximate surface area is 169 Å². The van der Waals surface area contributed by atoms with E-state index in [4.69, 9.17) is 5.73 Å². The maximum absolute atomic E-state index is 12.8. The van der Waals surface area contributed by atoms with Crippen LogP contribution in [0.5, 0.6) is 0 Å². The van der Waals surface area contributed by atoms with Gasteiger partial charge in [-0.2, -0.15) is 0 Å². The van der Waals surface area contributed by atoms with Crippen LogP contribution in [-0.4, -0.2) is 39.4 Å². The van der Waals surface area contributed by atoms with Gasteiger partial charge in [0.1, 0.15) is 4.88 Å². The molecule has 28 heavy (non-hydrogen) atoms. The van der Waals surface area contributed by atoms with E-state index in [-0.39, 0.29) is 23.1 Å². The van der Waals surface area contributed by atoms with Gasteiger partial charge in [-0.05, 0) is 61.0 Å². The van der Waals surface area contributed by atoms with Crippen LogP contribution in [0.2, 0.25) is 0 Å². The first-order valence-corrected chi connectivity index (χ1v) is 10.2. The van der Waals surface area contributed by atoms with Gasteiger partial charge in [0, 0.05) is 24.7 Å². The second kappa shape index (κ2) is 8.36. The van der Waals surface area contributed by atoms with E-state index in [0.717, 1.165) is 29.9 Å². The summed E-state index contributed by atoms with van der Waals surface area (Å²) in [5.74, 6) is 0.125. The van der Waals surface area contributed by atoms with Crippen molar-refractivity contribution >= 4 is 29.0 Å². The number of hydrogen-bond donors (Lipinski definition) is 2. The third-order valence-electron chi connectivity index (χ3n) is 4.83. The lowest BCUT2D eigenvalue weighted by Gasteiger charge is -2.32. The van der Waals surface area contributed by atoms with Crippen molar-refractivity contribution in [2.45, 2.75) is 40.2 Å². The van der Waals surface area contributed by atoms with Crippen LogP contribution in [0.4, 0.5) is 5.69 Å². The highest BCUT2D eigenvalue weighted by molar-refractivity contribution is 7.08. The molecule has 0 spiro atoms. The molecule has 1 fully saturated rings. The Kier molecular flexibility index (Phi) is 6.10. The lowest BCUT2D eigenvalue weighted by Crippen LogP contribution is -2.42. The van der Waals surface area contributed by atoms with Crippen molar-refractivity contribution in [1.82, 2.24) is 14.5 Å². The number of carbonyl (C=O) groups is 2. The Morgan fingerprint density at radius 1 is 1.36 bits per heavy atom. The number of nitrogens with zero attached hydrogens (tertiary/aromatic N) is 3. The molecular weight excluding hydrogens is 374 g/mol. The zero-order chi connectivity index (χ0) is 20.3. The number of carbonyl (C=O) groups excluding carboxylic acids is 2. The summed E-state index contributed by atoms with van der Waals surface area (Å²) in [6, 6.07) is 7.60. The maximum atomic E-state index is 12.8. The summed E-state index contributed by atoms with van der Waals surface area (Å²) in [4.78, 5) is 27.6. The van der Waals surface area contributed by atoms with Crippen molar-refractivity contribution < 1.29 is 9.59 Å². The van der Waals surface area contributed by atoms with E-state index in [1.165, 1.54) is 0 Å². The van der Waals surface area contributed by atoms with E-state index >= 15 is 0 Å². The normalized spacial score (nSPS) is 14.0. The largest absolute Gasteiger partial charge is 0.338 e. The van der Waals surface area contributed by atoms with Crippen molar-refractivity contribution in [3.05, 3.63) is 40.4 Å². The van der Waals surface area contributed by atoms with Crippen molar-refractivity contribution in [3.63, 3.8) is 0 Å². The fourth-order valence-corrected chi connectivity index (χ4v) is 3.53. The fourth-order valence-electron chi connectivity index (χ4n) is 2.98. The van der Waals surface area contributed by atoms with Crippen LogP contribution in [0.1, 0.15) is 47.6 Å². The lowest BCUT2D eigenvalue weighted by atomic mass is 9.92. The molecule has 1 aromatic heterocycles. The van der Waals surface area contributed by atoms with Crippen LogP contribution < -0.4 is 11.1 Å². The second-order valence-corrected chi connectivity index (χ2v) is 8.93. The summed E-state index contributed by atoms with van der Waals surface area (Å²) in [5.41, 5.74) is 8.01. The number of nitrogens with one attached hydrogen (secondary N) is 1. The molecular formula is C20H27N5O2S. The van der Waals surface area contributed by atoms with Crippen molar-refractivity contribution in [2.75, 3.05) is 18.4 Å². The first-order valence-electron chi connectivity index (χ1n) is 9.47. The summed E-state index contributed by atoms with van der Waals surface area (Å²) in [7, 11) is 0. The van der Waals surface area contributed by atoms with Gasteiger partial charge >= 0.3 is 0 Å². The van der Waals surface area contributed by atoms with Gasteiger partial charge in [-0.15, -0.1) is 5.10 Å². The molecule has 1 aliphatic rings. The van der Waals surface area contributed by atoms with Gasteiger partial charge in [0.25, 0.3) is 5.91 Å². The van der Waals surface area contributed by atoms with E-state index in [9.17, 15) is 9.59 Å². The van der Waals surface area contributed by atoms with E-state index in [1.54, 1.807) is 6.92 Å². The van der Waals surface area contributed by atoms with Crippen molar-refractivity contribution in [3.8, 4) is 0 Å². The quantitative estimate of drug-likeness (QED) is 0.708. The van der Waals surface area contributed by atoms with Crippen LogP contribution in [-0.2, 0) is 11.3 Å². The predicted molar refractivity (Wildman–Crippen MR) is 110 cm³/mol. The lowest BCUT2D eigenvalue weighted by molar-refractivity contribution is -0.134. The highest BCUT2D eigenvalue weighted by Crippen LogP contribution is 2.32. The molecule has 3 rings (SSSR count). The van der Waals surface area contributed by atoms with Crippen LogP contribution in [0.15, 0.2) is 24.3 Å². The Hall–Kier alpha value is -2.32. The molecule has 0 unspecified atom stereocenters. The molecule has 2 amide bonds. The van der Waals surface area contributed by atoms with Crippen LogP contribution in [0.3, 0.4) is 0 Å². The Morgan fingerprint density at radius 3 is 2.71 bits per heavy atom. The summed E-state index contributed by atoms with van der Waals surface area (Å²) in [5, 5.41) is 6.76. The summed E-state index contributed by atoms with van der Waals surface area (Å²) >= 11 is 1.08. The minimum atomic E-state index is -0.222. The predicted octanol–water partition coefficient (Wildman–Crippen LogP) is 2.82. The molecule has 150 valence electrons. The Balaban J connectivity index is 1.73. The highest BCUT2D eigenvalue weighted by atomic mass is 32.1. The SMILES string of the molecule is Cc1nnsc1C(=O)Nc1cccc(CN(CC(C)(C)CN)C(=O)C2CC2)c1. The molecule has 0 saturated heterocycles. The molecule has 0 aliphatic heterocycles. The monoisotopic (exact) mass is 401 g/mol. The average molecular weight is 402 g/mol. The van der Waals surface area contributed by atoms with Gasteiger partial charge in [-0.25, -0.2) is 0 Å². The number of hydrogen-bond acceptors (Lipinski definition) is 6. The number of nitrogens with two attached hydrogens (primary N) is 1. The summed E-state index contributed by atoms with van der Waals surface area (Å²) in [6.07, 6.45) is 1.94. The van der Waals surface area contributed by atoms with Crippen molar-refractivity contribution in [1.29, 1.82) is 0 Å². The van der Waals surface area contributed by atoms with E-state index in [2.05, 4.69) is 28.8 Å². The number of amides is 2. The summed E-state index contributed by atoms with van der Waals surface area (Å²) in [6.45, 7) is 7.53. The smallest absolute Gasteiger partial charge is 0.269 e. The van der Waals surface area contributed by atoms with E-state index in [1.807, 2.05) is 29.2 Å². The van der Waals surface area contributed by atoms with Gasteiger partial charge in [0.2, 0.25) is 5.91 Å². The topological polar surface area (TPSA) is 101 Å². The van der Waals surface area contributed by atoms with Gasteiger partial charge in [-0.3, -0.25) is 9.59 Å². The van der Waals surface area contributed by atoms with Gasteiger partial charge < -0.3 is 16.0 Å². The molecule has 8 heteroatoms. The second-order valence-electron chi connectivity index (χ2n) is 8.18. The summed E-state index contributed by atoms with van der Waals surface area (Å²) < 4.78 is 3.80. The third kappa shape index (κ3) is 5.14.